The molecule has 166 valence electrons. The number of likely N-dealkylation sites (tertiary alicyclic amines) is 1. The van der Waals surface area contributed by atoms with E-state index in [1.165, 1.54) is 16.0 Å². The fraction of sp³-hybridized carbons (Fsp3) is 0.440. The molecule has 2 aromatic rings. The van der Waals surface area contributed by atoms with Crippen LogP contribution in [0.2, 0.25) is 0 Å². The number of carbonyl (C=O) groups is 2. The van der Waals surface area contributed by atoms with Crippen LogP contribution in [0.25, 0.3) is 0 Å². The maximum absolute atomic E-state index is 12.5. The number of hydrogen-bond donors (Lipinski definition) is 4. The number of anilines is 1. The van der Waals surface area contributed by atoms with Gasteiger partial charge in [0.25, 0.3) is 11.8 Å². The minimum absolute atomic E-state index is 0.0129. The number of carbonyl (C=O) groups excluding carboxylic acids is 2. The zero-order valence-corrected chi connectivity index (χ0v) is 19.2. The zero-order valence-electron chi connectivity index (χ0n) is 19.2. The number of benzene rings is 2. The van der Waals surface area contributed by atoms with E-state index in [-0.39, 0.29) is 24.4 Å². The van der Waals surface area contributed by atoms with Gasteiger partial charge in [0.15, 0.2) is 13.1 Å². The molecule has 4 N–H and O–H groups in total. The van der Waals surface area contributed by atoms with E-state index in [1.54, 1.807) is 0 Å². The summed E-state index contributed by atoms with van der Waals surface area (Å²) >= 11 is 0. The van der Waals surface area contributed by atoms with E-state index in [0.717, 1.165) is 47.8 Å². The van der Waals surface area contributed by atoms with Gasteiger partial charge in [-0.2, -0.15) is 0 Å². The van der Waals surface area contributed by atoms with Gasteiger partial charge in [-0.05, 0) is 31.9 Å². The third-order valence-electron chi connectivity index (χ3n) is 5.91. The highest BCUT2D eigenvalue weighted by Crippen LogP contribution is 2.21. The van der Waals surface area contributed by atoms with Gasteiger partial charge in [0.2, 0.25) is 0 Å². The Morgan fingerprint density at radius 2 is 1.68 bits per heavy atom. The second-order valence-corrected chi connectivity index (χ2v) is 9.05. The Labute approximate surface area is 185 Å². The van der Waals surface area contributed by atoms with Gasteiger partial charge in [0.05, 0.1) is 26.2 Å². The van der Waals surface area contributed by atoms with Crippen molar-refractivity contribution in [2.75, 3.05) is 38.5 Å². The first-order valence-corrected chi connectivity index (χ1v) is 11.2. The molecular weight excluding hydrogens is 388 g/mol. The van der Waals surface area contributed by atoms with E-state index >= 15 is 0 Å². The number of hydrogen-bond acceptors (Lipinski definition) is 2. The second kappa shape index (κ2) is 10.6. The fourth-order valence-electron chi connectivity index (χ4n) is 4.55. The molecule has 0 saturated carbocycles. The molecule has 3 rings (SSSR count). The van der Waals surface area contributed by atoms with Crippen molar-refractivity contribution in [1.29, 1.82) is 0 Å². The maximum atomic E-state index is 12.5. The molecule has 2 aromatic carbocycles. The van der Waals surface area contributed by atoms with Gasteiger partial charge in [-0.1, -0.05) is 48.0 Å². The molecule has 6 nitrogen and oxygen atoms in total. The van der Waals surface area contributed by atoms with E-state index < -0.39 is 0 Å². The van der Waals surface area contributed by atoms with E-state index in [4.69, 9.17) is 0 Å². The topological polar surface area (TPSA) is 67.1 Å². The minimum Gasteiger partial charge on any atom is -0.343 e. The van der Waals surface area contributed by atoms with Crippen LogP contribution in [-0.4, -0.2) is 51.1 Å². The van der Waals surface area contributed by atoms with Crippen LogP contribution in [0.3, 0.4) is 0 Å². The van der Waals surface area contributed by atoms with Crippen molar-refractivity contribution >= 4 is 17.5 Å². The molecule has 0 radical (unpaired) electrons. The van der Waals surface area contributed by atoms with Gasteiger partial charge in [-0.25, -0.2) is 0 Å². The number of aryl methyl sites for hydroxylation is 3. The average Bonchev–Trinajstić information content (AvgIpc) is 3.11. The molecule has 1 saturated heterocycles. The number of likely N-dealkylation sites (N-methyl/N-ethyl adjacent to an activating group) is 1. The molecule has 3 atom stereocenters. The van der Waals surface area contributed by atoms with E-state index in [2.05, 4.69) is 54.0 Å². The standard InChI is InChI=1S/C25H34N4O2/c1-18-12-19(2)25(20(3)13-18)27-24(31)17-28(4)16-23(30)26-22-10-11-29(15-22)14-21-8-6-5-7-9-21/h5-9,12-13,22H,10-11,14-17H2,1-4H3,(H,26,30)(H,27,31)/p+2/t22-/m0/s1. The normalized spacial score (nSPS) is 19.1. The molecule has 2 unspecified atom stereocenters. The lowest BCUT2D eigenvalue weighted by Gasteiger charge is -2.17. The summed E-state index contributed by atoms with van der Waals surface area (Å²) in [5, 5.41) is 6.18. The van der Waals surface area contributed by atoms with E-state index in [0.29, 0.717) is 6.54 Å². The lowest BCUT2D eigenvalue weighted by Crippen LogP contribution is -3.11. The Kier molecular flexibility index (Phi) is 7.82. The molecule has 1 heterocycles. The highest BCUT2D eigenvalue weighted by atomic mass is 16.2. The Morgan fingerprint density at radius 1 is 1.03 bits per heavy atom. The van der Waals surface area contributed by atoms with Crippen LogP contribution in [0.15, 0.2) is 42.5 Å². The van der Waals surface area contributed by atoms with E-state index in [1.807, 2.05) is 27.0 Å². The first-order valence-electron chi connectivity index (χ1n) is 11.2. The lowest BCUT2D eigenvalue weighted by atomic mass is 10.1. The first kappa shape index (κ1) is 23.0. The summed E-state index contributed by atoms with van der Waals surface area (Å²) in [6, 6.07) is 14.8. The summed E-state index contributed by atoms with van der Waals surface area (Å²) < 4.78 is 0. The van der Waals surface area contributed by atoms with Gasteiger partial charge in [-0.3, -0.25) is 9.59 Å². The highest BCUT2D eigenvalue weighted by molar-refractivity contribution is 5.93. The van der Waals surface area contributed by atoms with Crippen LogP contribution in [0.4, 0.5) is 5.69 Å². The second-order valence-electron chi connectivity index (χ2n) is 9.05. The highest BCUT2D eigenvalue weighted by Gasteiger charge is 2.28. The number of nitrogens with one attached hydrogen (secondary N) is 4. The van der Waals surface area contributed by atoms with Gasteiger partial charge < -0.3 is 20.4 Å². The molecule has 31 heavy (non-hydrogen) atoms. The zero-order chi connectivity index (χ0) is 22.4. The lowest BCUT2D eigenvalue weighted by molar-refractivity contribution is -0.901. The Morgan fingerprint density at radius 3 is 2.35 bits per heavy atom. The SMILES string of the molecule is Cc1cc(C)c(NC(=O)C[NH+](C)CC(=O)N[C@H]2CC[NH+](Cc3ccccc3)C2)c(C)c1. The molecular formula is C25H36N4O2+2. The van der Waals surface area contributed by atoms with Crippen molar-refractivity contribution in [1.82, 2.24) is 5.32 Å². The molecule has 1 aliphatic rings. The fourth-order valence-corrected chi connectivity index (χ4v) is 4.55. The van der Waals surface area contributed by atoms with Crippen LogP contribution >= 0.6 is 0 Å². The van der Waals surface area contributed by atoms with Crippen molar-refractivity contribution in [3.8, 4) is 0 Å². The van der Waals surface area contributed by atoms with Crippen molar-refractivity contribution in [3.63, 3.8) is 0 Å². The molecule has 0 spiro atoms. The number of quaternary nitrogens is 2. The average molecular weight is 425 g/mol. The summed E-state index contributed by atoms with van der Waals surface area (Å²) in [5.74, 6) is -0.0568. The van der Waals surface area contributed by atoms with Gasteiger partial charge in [0.1, 0.15) is 6.54 Å². The monoisotopic (exact) mass is 424 g/mol. The maximum Gasteiger partial charge on any atom is 0.279 e. The van der Waals surface area contributed by atoms with Crippen LogP contribution in [0.1, 0.15) is 28.7 Å². The van der Waals surface area contributed by atoms with Gasteiger partial charge in [0, 0.05) is 17.7 Å². The van der Waals surface area contributed by atoms with E-state index in [9.17, 15) is 9.59 Å². The predicted octanol–water partition coefficient (Wildman–Crippen LogP) is 0.0387. The molecule has 1 aliphatic heterocycles. The molecule has 6 heteroatoms. The van der Waals surface area contributed by atoms with Gasteiger partial charge in [-0.15, -0.1) is 0 Å². The van der Waals surface area contributed by atoms with Crippen molar-refractivity contribution < 1.29 is 19.4 Å². The molecule has 2 amide bonds. The third kappa shape index (κ3) is 6.91. The third-order valence-corrected chi connectivity index (χ3v) is 5.91. The predicted molar refractivity (Wildman–Crippen MR) is 123 cm³/mol. The largest absolute Gasteiger partial charge is 0.343 e. The Balaban J connectivity index is 1.41. The smallest absolute Gasteiger partial charge is 0.279 e. The summed E-state index contributed by atoms with van der Waals surface area (Å²) in [6.45, 7) is 9.63. The van der Waals surface area contributed by atoms with Crippen molar-refractivity contribution in [2.45, 2.75) is 39.8 Å². The summed E-state index contributed by atoms with van der Waals surface area (Å²) in [7, 11) is 1.88. The molecule has 1 fully saturated rings. The first-order chi connectivity index (χ1) is 14.8. The number of rotatable bonds is 8. The summed E-state index contributed by atoms with van der Waals surface area (Å²) in [6.07, 6.45) is 0.999. The molecule has 0 aliphatic carbocycles. The quantitative estimate of drug-likeness (QED) is 0.483. The molecule has 0 aromatic heterocycles. The Hall–Kier alpha value is -2.70. The number of amides is 2. The van der Waals surface area contributed by atoms with Crippen LogP contribution in [0.5, 0.6) is 0 Å². The Bertz CT molecular complexity index is 890. The van der Waals surface area contributed by atoms with Gasteiger partial charge >= 0.3 is 0 Å². The van der Waals surface area contributed by atoms with Crippen molar-refractivity contribution in [3.05, 3.63) is 64.7 Å². The van der Waals surface area contributed by atoms with Crippen molar-refractivity contribution in [2.24, 2.45) is 0 Å². The summed E-state index contributed by atoms with van der Waals surface area (Å²) in [5.41, 5.74) is 5.51. The van der Waals surface area contributed by atoms with Crippen LogP contribution in [0, 0.1) is 20.8 Å². The summed E-state index contributed by atoms with van der Waals surface area (Å²) in [4.78, 5) is 27.4. The molecule has 0 bridgehead atoms. The minimum atomic E-state index is -0.0697. The van der Waals surface area contributed by atoms with Crippen LogP contribution in [-0.2, 0) is 16.1 Å². The van der Waals surface area contributed by atoms with Crippen LogP contribution < -0.4 is 20.4 Å².